The Bertz CT molecular complexity index is 517. The Morgan fingerprint density at radius 3 is 1.37 bits per heavy atom. The zero-order valence-corrected chi connectivity index (χ0v) is 20.6. The molecule has 8 fully saturated rings. The van der Waals surface area contributed by atoms with Gasteiger partial charge in [0.15, 0.2) is 0 Å². The van der Waals surface area contributed by atoms with Crippen molar-refractivity contribution in [3.63, 3.8) is 0 Å². The minimum atomic E-state index is -1.77. The van der Waals surface area contributed by atoms with Crippen molar-refractivity contribution in [3.8, 4) is 0 Å². The van der Waals surface area contributed by atoms with Gasteiger partial charge in [-0.25, -0.2) is 0 Å². The Labute approximate surface area is 184 Å². The van der Waals surface area contributed by atoms with E-state index < -0.39 is 12.3 Å². The summed E-state index contributed by atoms with van der Waals surface area (Å²) in [6.07, 6.45) is 21.3. The molecule has 0 spiro atoms. The second-order valence-corrected chi connectivity index (χ2v) is 18.7. The van der Waals surface area contributed by atoms with Crippen molar-refractivity contribution in [3.05, 3.63) is 6.16 Å². The van der Waals surface area contributed by atoms with Gasteiger partial charge in [-0.2, -0.15) is 5.41 Å². The standard InChI is InChI=1S/C22H31P.3ClH.V/c1-15-2-17-3-16(1)8-21(7-15,9-17)13-23-14-22-10-18-4-19(11-22)6-20(5-18)12-22;;;;/h13,15-20H,1-12H2;3*1H;/q-2;;;;+3/p-3. The zero-order valence-electron chi connectivity index (χ0n) is 16.1. The van der Waals surface area contributed by atoms with Crippen LogP contribution in [0.1, 0.15) is 77.0 Å². The van der Waals surface area contributed by atoms with Gasteiger partial charge < -0.3 is 20.2 Å². The van der Waals surface area contributed by atoms with Gasteiger partial charge in [-0.1, -0.05) is 38.5 Å². The summed E-state index contributed by atoms with van der Waals surface area (Å²) in [7, 11) is 16.4. The van der Waals surface area contributed by atoms with Crippen LogP contribution in [0.2, 0.25) is 0 Å². The molecule has 152 valence electrons. The van der Waals surface area contributed by atoms with Gasteiger partial charge in [0, 0.05) is 0 Å². The Hall–Kier alpha value is 1.62. The van der Waals surface area contributed by atoms with Gasteiger partial charge >= 0.3 is 41.8 Å². The van der Waals surface area contributed by atoms with Crippen molar-refractivity contribution in [2.45, 2.75) is 77.0 Å². The molecule has 8 rings (SSSR count). The number of rotatable bonds is 3. The average molecular weight is 484 g/mol. The number of hydrogen-bond donors (Lipinski definition) is 0. The molecule has 8 aliphatic carbocycles. The summed E-state index contributed by atoms with van der Waals surface area (Å²) in [5.74, 6) is 10.6. The Kier molecular flexibility index (Phi) is 6.04. The predicted octanol–water partition coefficient (Wildman–Crippen LogP) is 8.27. The van der Waals surface area contributed by atoms with Gasteiger partial charge in [0.05, 0.1) is 0 Å². The van der Waals surface area contributed by atoms with E-state index in [4.69, 9.17) is 29.5 Å². The summed E-state index contributed by atoms with van der Waals surface area (Å²) >= 11 is -1.77. The molecule has 0 radical (unpaired) electrons. The first-order valence-corrected chi connectivity index (χ1v) is 17.7. The molecule has 0 aromatic rings. The van der Waals surface area contributed by atoms with Gasteiger partial charge in [-0.05, 0) is 74.0 Å². The van der Waals surface area contributed by atoms with E-state index in [9.17, 15) is 0 Å². The van der Waals surface area contributed by atoms with E-state index in [0.717, 1.165) is 35.5 Å². The predicted molar refractivity (Wildman–Crippen MR) is 115 cm³/mol. The molecule has 0 nitrogen and oxygen atoms in total. The van der Waals surface area contributed by atoms with Crippen LogP contribution in [0.15, 0.2) is 0 Å². The van der Waals surface area contributed by atoms with Gasteiger partial charge in [0.2, 0.25) is 0 Å². The summed E-state index contributed by atoms with van der Waals surface area (Å²) in [5.41, 5.74) is 1.20. The maximum absolute atomic E-state index is 4.95. The average Bonchev–Trinajstić information content (AvgIpc) is 2.51. The van der Waals surface area contributed by atoms with E-state index >= 15 is 0 Å². The van der Waals surface area contributed by atoms with Crippen LogP contribution >= 0.6 is 37.7 Å². The number of halogens is 3. The fourth-order valence-corrected chi connectivity index (χ4v) is 10.1. The second-order valence-electron chi connectivity index (χ2n) is 11.0. The van der Waals surface area contributed by atoms with Crippen LogP contribution in [-0.2, 0) is 12.3 Å². The third kappa shape index (κ3) is 4.48. The molecule has 0 aromatic carbocycles. The molecule has 0 atom stereocenters. The normalized spacial score (nSPS) is 51.9. The molecule has 0 N–H and O–H groups in total. The van der Waals surface area contributed by atoms with Crippen molar-refractivity contribution in [1.82, 2.24) is 0 Å². The molecule has 8 bridgehead atoms. The van der Waals surface area contributed by atoms with Crippen molar-refractivity contribution in [2.24, 2.45) is 46.3 Å². The van der Waals surface area contributed by atoms with Gasteiger partial charge in [0.1, 0.15) is 0 Å². The van der Waals surface area contributed by atoms with Crippen LogP contribution in [-0.4, -0.2) is 5.80 Å². The Morgan fingerprint density at radius 1 is 0.667 bits per heavy atom. The molecule has 8 saturated carbocycles. The maximum atomic E-state index is 4.95. The van der Waals surface area contributed by atoms with Crippen molar-refractivity contribution < 1.29 is 12.3 Å². The van der Waals surface area contributed by atoms with E-state index in [0.29, 0.717) is 10.8 Å². The summed E-state index contributed by atoms with van der Waals surface area (Å²) in [4.78, 5) is 0. The zero-order chi connectivity index (χ0) is 18.6. The van der Waals surface area contributed by atoms with Crippen LogP contribution in [0.25, 0.3) is 0 Å². The van der Waals surface area contributed by atoms with E-state index in [-0.39, 0.29) is 0 Å². The fraction of sp³-hybridized carbons (Fsp3) is 0.909. The van der Waals surface area contributed by atoms with Gasteiger partial charge in [0.25, 0.3) is 0 Å². The van der Waals surface area contributed by atoms with Crippen molar-refractivity contribution in [2.75, 3.05) is 0 Å². The van der Waals surface area contributed by atoms with E-state index in [1.807, 2.05) is 0 Å². The topological polar surface area (TPSA) is 0 Å². The summed E-state index contributed by atoms with van der Waals surface area (Å²) in [5, 5.41) is 0. The fourth-order valence-electron chi connectivity index (χ4n) is 8.89. The van der Waals surface area contributed by atoms with Gasteiger partial charge in [-0.15, -0.1) is 5.41 Å². The third-order valence-electron chi connectivity index (χ3n) is 8.76. The van der Waals surface area contributed by atoms with Crippen molar-refractivity contribution in [1.29, 1.82) is 0 Å². The molecule has 5 heteroatoms. The van der Waals surface area contributed by atoms with Crippen LogP contribution in [0, 0.1) is 52.5 Å². The van der Waals surface area contributed by atoms with Crippen LogP contribution < -0.4 is 0 Å². The minimum absolute atomic E-state index is 0.551. The van der Waals surface area contributed by atoms with Crippen LogP contribution in [0.4, 0.5) is 0 Å². The van der Waals surface area contributed by atoms with Crippen LogP contribution in [0.5, 0.6) is 0 Å². The number of hydrogen-bond acceptors (Lipinski definition) is 0. The molecule has 0 unspecified atom stereocenters. The summed E-state index contributed by atoms with van der Waals surface area (Å²) < 4.78 is 0. The van der Waals surface area contributed by atoms with E-state index in [1.165, 1.54) is 46.7 Å². The molecule has 27 heavy (non-hydrogen) atoms. The molecular formula is C22H31Cl3PV-2. The molecule has 0 saturated heterocycles. The summed E-state index contributed by atoms with van der Waals surface area (Å²) in [6.45, 7) is 0. The first kappa shape index (κ1) is 20.5. The van der Waals surface area contributed by atoms with E-state index in [2.05, 4.69) is 12.0 Å². The Balaban J connectivity index is 0.000000368. The first-order valence-electron chi connectivity index (χ1n) is 11.0. The molecule has 0 aliphatic heterocycles. The molecular weight excluding hydrogens is 453 g/mol. The summed E-state index contributed by atoms with van der Waals surface area (Å²) in [6, 6.07) is 0. The third-order valence-corrected chi connectivity index (χ3v) is 10.0. The molecule has 0 heterocycles. The van der Waals surface area contributed by atoms with Crippen molar-refractivity contribution >= 4 is 43.5 Å². The second kappa shape index (κ2) is 7.95. The molecule has 0 aromatic heterocycles. The quantitative estimate of drug-likeness (QED) is 0.280. The first-order chi connectivity index (χ1) is 12.9. The molecule has 8 aliphatic rings. The Morgan fingerprint density at radius 2 is 1.00 bits per heavy atom. The van der Waals surface area contributed by atoms with Crippen LogP contribution in [0.3, 0.4) is 0 Å². The monoisotopic (exact) mass is 482 g/mol. The van der Waals surface area contributed by atoms with Gasteiger partial charge in [-0.3, -0.25) is 0 Å². The molecule has 0 amide bonds. The SMILES string of the molecule is [C-](=P[CH-]C12CC3CC(CC(C3)C1)C2)C12CC3CC(CC(C3)C1)C2.[Cl][V]([Cl])[Cl]. The van der Waals surface area contributed by atoms with E-state index in [1.54, 1.807) is 38.5 Å².